The first-order valence-electron chi connectivity index (χ1n) is 22.8. The molecular weight excluding hydrogens is 796 g/mol. The van der Waals surface area contributed by atoms with Crippen LogP contribution in [-0.4, -0.2) is 158 Å². The summed E-state index contributed by atoms with van der Waals surface area (Å²) in [5.41, 5.74) is -0.191. The third-order valence-corrected chi connectivity index (χ3v) is 17.9. The van der Waals surface area contributed by atoms with Gasteiger partial charge in [0.1, 0.15) is 54.9 Å². The van der Waals surface area contributed by atoms with Crippen molar-refractivity contribution in [1.29, 1.82) is 0 Å². The van der Waals surface area contributed by atoms with Crippen LogP contribution in [0.2, 0.25) is 0 Å². The van der Waals surface area contributed by atoms with Gasteiger partial charge in [-0.3, -0.25) is 4.79 Å². The highest BCUT2D eigenvalue weighted by Gasteiger charge is 2.67. The summed E-state index contributed by atoms with van der Waals surface area (Å²) in [6, 6.07) is 0. The van der Waals surface area contributed by atoms with Crippen LogP contribution >= 0.6 is 0 Å². The molecule has 16 nitrogen and oxygen atoms in total. The molecule has 0 aromatic heterocycles. The minimum atomic E-state index is -1.73. The summed E-state index contributed by atoms with van der Waals surface area (Å²) in [4.78, 5) is 13.0. The van der Waals surface area contributed by atoms with E-state index in [1.54, 1.807) is 0 Å². The van der Waals surface area contributed by atoms with Gasteiger partial charge in [0.15, 0.2) is 18.9 Å². The first-order chi connectivity index (χ1) is 28.7. The highest BCUT2D eigenvalue weighted by Crippen LogP contribution is 2.72. The molecule has 16 heteroatoms. The Morgan fingerprint density at radius 3 is 2.08 bits per heavy atom. The summed E-state index contributed by atoms with van der Waals surface area (Å²) >= 11 is 0. The van der Waals surface area contributed by atoms with Gasteiger partial charge in [-0.2, -0.15) is 0 Å². The van der Waals surface area contributed by atoms with Gasteiger partial charge in [-0.1, -0.05) is 46.3 Å². The predicted molar refractivity (Wildman–Crippen MR) is 214 cm³/mol. The van der Waals surface area contributed by atoms with Crippen molar-refractivity contribution in [2.24, 2.45) is 50.7 Å². The summed E-state index contributed by atoms with van der Waals surface area (Å²) in [7, 11) is 0. The maximum absolute atomic E-state index is 13.0. The zero-order chi connectivity index (χ0) is 44.2. The molecule has 9 N–H and O–H groups in total. The number of hydrogen-bond donors (Lipinski definition) is 9. The van der Waals surface area contributed by atoms with Crippen molar-refractivity contribution < 1.29 is 79.2 Å². The zero-order valence-corrected chi connectivity index (χ0v) is 36.5. The molecule has 0 radical (unpaired) electrons. The number of carboxylic acids is 1. The molecule has 4 saturated carbocycles. The van der Waals surface area contributed by atoms with Crippen LogP contribution in [0.15, 0.2) is 11.6 Å². The number of carbonyl (C=O) groups is 1. The Morgan fingerprint density at radius 2 is 1.41 bits per heavy atom. The van der Waals surface area contributed by atoms with E-state index in [1.165, 1.54) is 12.5 Å². The summed E-state index contributed by atoms with van der Waals surface area (Å²) < 4.78 is 36.0. The lowest BCUT2D eigenvalue weighted by molar-refractivity contribution is -0.373. The molecule has 3 saturated heterocycles. The second kappa shape index (κ2) is 16.5. The van der Waals surface area contributed by atoms with Crippen LogP contribution in [0.5, 0.6) is 0 Å². The quantitative estimate of drug-likeness (QED) is 0.118. The van der Waals surface area contributed by atoms with Gasteiger partial charge >= 0.3 is 5.97 Å². The van der Waals surface area contributed by atoms with Gasteiger partial charge in [0.05, 0.1) is 37.4 Å². The molecule has 7 fully saturated rings. The van der Waals surface area contributed by atoms with Crippen LogP contribution in [0.3, 0.4) is 0 Å². The number of rotatable bonds is 9. The minimum absolute atomic E-state index is 0.0350. The van der Waals surface area contributed by atoms with Crippen molar-refractivity contribution >= 4 is 5.97 Å². The van der Waals surface area contributed by atoms with Crippen molar-refractivity contribution in [2.75, 3.05) is 19.8 Å². The first kappa shape index (κ1) is 46.2. The minimum Gasteiger partial charge on any atom is -0.481 e. The molecule has 0 bridgehead atoms. The molecular formula is C45H72O16. The second-order valence-corrected chi connectivity index (χ2v) is 21.8. The van der Waals surface area contributed by atoms with Gasteiger partial charge in [0.2, 0.25) is 0 Å². The third-order valence-electron chi connectivity index (χ3n) is 17.9. The standard InChI is InChI=1S/C45H72O16/c1-21-30(49)35(60-37-33(52)32(51)26(18-46)58-37)34(53)38(57-21)61-36-31(50)25(48)19-56-39(36)59-29-11-13-43(5)27-8-7-22-23(42(27,4)12-10-28(43)44(29,6)20-47)9-14-45(40(54)55)16-15-41(2,3)17-24(22)45/h7,21,23-39,46-53H,8-20H2,1-6H3,(H,54,55)/t21-,23+,24-,25-,26-,27-,28+,29-,30-,31-,32-,33+,34+,35+,36+,37-,38-,39-,42-,43+,44-,45+/m0/s1. The van der Waals surface area contributed by atoms with Crippen LogP contribution in [-0.2, 0) is 33.2 Å². The van der Waals surface area contributed by atoms with Crippen molar-refractivity contribution in [3.8, 4) is 0 Å². The van der Waals surface area contributed by atoms with Gasteiger partial charge in [-0.15, -0.1) is 0 Å². The molecule has 8 aliphatic rings. The molecule has 5 aliphatic carbocycles. The lowest BCUT2D eigenvalue weighted by Crippen LogP contribution is -2.65. The number of hydrogen-bond acceptors (Lipinski definition) is 15. The van der Waals surface area contributed by atoms with Gasteiger partial charge in [-0.05, 0) is 111 Å². The highest BCUT2D eigenvalue weighted by atomic mass is 16.8. The smallest absolute Gasteiger partial charge is 0.310 e. The number of fused-ring (bicyclic) bond motifs is 7. The Bertz CT molecular complexity index is 1640. The Balaban J connectivity index is 1.00. The van der Waals surface area contributed by atoms with Gasteiger partial charge in [0.25, 0.3) is 0 Å². The summed E-state index contributed by atoms with van der Waals surface area (Å²) in [5.74, 6) is 0.0471. The van der Waals surface area contributed by atoms with E-state index >= 15 is 0 Å². The van der Waals surface area contributed by atoms with E-state index in [9.17, 15) is 50.8 Å². The van der Waals surface area contributed by atoms with Crippen molar-refractivity contribution in [3.05, 3.63) is 11.6 Å². The predicted octanol–water partition coefficient (Wildman–Crippen LogP) is 1.59. The second-order valence-electron chi connectivity index (χ2n) is 21.8. The Kier molecular flexibility index (Phi) is 12.5. The van der Waals surface area contributed by atoms with Gasteiger partial charge < -0.3 is 74.4 Å². The molecule has 22 atom stereocenters. The topological polar surface area (TPSA) is 255 Å². The number of allylic oxidation sites excluding steroid dienone is 2. The van der Waals surface area contributed by atoms with Crippen LogP contribution in [0.4, 0.5) is 0 Å². The normalized spacial score (nSPS) is 54.4. The van der Waals surface area contributed by atoms with Crippen LogP contribution in [0.25, 0.3) is 0 Å². The molecule has 0 unspecified atom stereocenters. The third kappa shape index (κ3) is 7.38. The number of aliphatic hydroxyl groups is 8. The maximum Gasteiger partial charge on any atom is 0.310 e. The Labute approximate surface area is 358 Å². The van der Waals surface area contributed by atoms with Crippen molar-refractivity contribution in [3.63, 3.8) is 0 Å². The summed E-state index contributed by atoms with van der Waals surface area (Å²) in [6.07, 6.45) is -8.53. The SMILES string of the molecule is C[C@@H]1O[C@@H](O[C@H]2[C@H](O[C@H]3CC[C@@]4(C)[C@@H](CC[C@]5(C)[C@@H]4CC=C4[C@H]5CC[C@@]5(C(=O)O)CCC(C)(C)C[C@@H]45)[C@]3(C)CO)OC[C@H](O)[C@@H]2O)[C@H](O)[C@H](O[C@@H]2O[C@@H](CO)[C@H](O)[C@H]2O)[C@H]1O. The van der Waals surface area contributed by atoms with E-state index in [1.807, 2.05) is 0 Å². The lowest BCUT2D eigenvalue weighted by Gasteiger charge is -2.68. The van der Waals surface area contributed by atoms with Crippen molar-refractivity contribution in [1.82, 2.24) is 0 Å². The molecule has 3 heterocycles. The zero-order valence-electron chi connectivity index (χ0n) is 36.5. The summed E-state index contributed by atoms with van der Waals surface area (Å²) in [5, 5.41) is 96.8. The van der Waals surface area contributed by atoms with E-state index in [2.05, 4.69) is 40.7 Å². The largest absolute Gasteiger partial charge is 0.481 e. The van der Waals surface area contributed by atoms with E-state index in [0.717, 1.165) is 51.4 Å². The van der Waals surface area contributed by atoms with E-state index < -0.39 is 109 Å². The fraction of sp³-hybridized carbons (Fsp3) is 0.933. The molecule has 0 aromatic carbocycles. The molecule has 0 amide bonds. The van der Waals surface area contributed by atoms with E-state index in [4.69, 9.17) is 28.4 Å². The Morgan fingerprint density at radius 1 is 0.721 bits per heavy atom. The molecule has 61 heavy (non-hydrogen) atoms. The maximum atomic E-state index is 13.0. The number of ether oxygens (including phenoxy) is 6. The fourth-order valence-electron chi connectivity index (χ4n) is 14.3. The number of carboxylic acid groups (broad SMARTS) is 1. The average Bonchev–Trinajstić information content (AvgIpc) is 3.49. The monoisotopic (exact) mass is 868 g/mol. The molecule has 0 aromatic rings. The highest BCUT2D eigenvalue weighted by molar-refractivity contribution is 5.76. The number of aliphatic hydroxyl groups excluding tert-OH is 8. The molecule has 3 aliphatic heterocycles. The molecule has 0 spiro atoms. The van der Waals surface area contributed by atoms with Gasteiger partial charge in [-0.25, -0.2) is 0 Å². The van der Waals surface area contributed by atoms with Crippen LogP contribution < -0.4 is 0 Å². The average molecular weight is 869 g/mol. The first-order valence-corrected chi connectivity index (χ1v) is 22.8. The Hall–Kier alpha value is -1.35. The van der Waals surface area contributed by atoms with Crippen LogP contribution in [0, 0.1) is 50.7 Å². The molecule has 348 valence electrons. The van der Waals surface area contributed by atoms with Crippen molar-refractivity contribution in [2.45, 2.75) is 192 Å². The molecule has 8 rings (SSSR count). The van der Waals surface area contributed by atoms with Gasteiger partial charge in [0, 0.05) is 5.41 Å². The number of aliphatic carboxylic acids is 1. The fourth-order valence-corrected chi connectivity index (χ4v) is 14.3. The lowest BCUT2D eigenvalue weighted by atomic mass is 9.37. The van der Waals surface area contributed by atoms with E-state index in [-0.39, 0.29) is 41.3 Å². The van der Waals surface area contributed by atoms with Crippen LogP contribution in [0.1, 0.15) is 106 Å². The summed E-state index contributed by atoms with van der Waals surface area (Å²) in [6.45, 7) is 11.9. The van der Waals surface area contributed by atoms with E-state index in [0.29, 0.717) is 24.7 Å².